The molecule has 0 bridgehead atoms. The third-order valence-electron chi connectivity index (χ3n) is 2.63. The molecule has 1 aromatic carbocycles. The van der Waals surface area contributed by atoms with E-state index in [9.17, 15) is 10.1 Å². The fraction of sp³-hybridized carbons (Fsp3) is 0.273. The summed E-state index contributed by atoms with van der Waals surface area (Å²) in [5, 5.41) is 21.7. The van der Waals surface area contributed by atoms with Crippen LogP contribution in [-0.2, 0) is 13.5 Å². The van der Waals surface area contributed by atoms with E-state index in [0.717, 1.165) is 21.5 Å². The Morgan fingerprint density at radius 1 is 1.53 bits per heavy atom. The van der Waals surface area contributed by atoms with Crippen molar-refractivity contribution in [2.45, 2.75) is 6.42 Å². The van der Waals surface area contributed by atoms with Gasteiger partial charge in [-0.2, -0.15) is 0 Å². The van der Waals surface area contributed by atoms with Crippen molar-refractivity contribution in [3.8, 4) is 0 Å². The number of anilines is 1. The van der Waals surface area contributed by atoms with Crippen LogP contribution in [-0.4, -0.2) is 26.2 Å². The van der Waals surface area contributed by atoms with Gasteiger partial charge in [-0.05, 0) is 28.7 Å². The third-order valence-corrected chi connectivity index (χ3v) is 3.53. The van der Waals surface area contributed by atoms with Gasteiger partial charge >= 0.3 is 0 Å². The number of nitrogens with one attached hydrogen (secondary N) is 1. The third kappa shape index (κ3) is 3.40. The summed E-state index contributed by atoms with van der Waals surface area (Å²) in [6, 6.07) is 4.76. The first-order valence-electron chi connectivity index (χ1n) is 5.58. The fourth-order valence-corrected chi connectivity index (χ4v) is 2.29. The van der Waals surface area contributed by atoms with Crippen LogP contribution in [0.25, 0.3) is 0 Å². The van der Waals surface area contributed by atoms with E-state index in [1.807, 2.05) is 11.6 Å². The average molecular weight is 373 g/mol. The molecule has 0 amide bonds. The molecule has 2 rings (SSSR count). The van der Waals surface area contributed by atoms with Crippen LogP contribution in [0.15, 0.2) is 24.5 Å². The molecule has 7 nitrogen and oxygen atoms in total. The van der Waals surface area contributed by atoms with E-state index in [-0.39, 0.29) is 5.69 Å². The Bertz CT molecular complexity index is 599. The Kier molecular flexibility index (Phi) is 4.30. The minimum atomic E-state index is -0.397. The molecule has 8 heteroatoms. The Hall–Kier alpha value is -1.71. The maximum atomic E-state index is 10.6. The van der Waals surface area contributed by atoms with Gasteiger partial charge in [-0.25, -0.2) is 0 Å². The summed E-state index contributed by atoms with van der Waals surface area (Å²) < 4.78 is 2.69. The number of aryl methyl sites for hydroxylation is 1. The van der Waals surface area contributed by atoms with Crippen molar-refractivity contribution >= 4 is 34.0 Å². The van der Waals surface area contributed by atoms with E-state index in [2.05, 4.69) is 38.1 Å². The summed E-state index contributed by atoms with van der Waals surface area (Å²) in [6.45, 7) is 0.695. The van der Waals surface area contributed by atoms with Gasteiger partial charge in [0.25, 0.3) is 5.69 Å². The first kappa shape index (κ1) is 13.7. The van der Waals surface area contributed by atoms with Gasteiger partial charge in [-0.15, -0.1) is 10.2 Å². The monoisotopic (exact) mass is 373 g/mol. The molecule has 0 spiro atoms. The Morgan fingerprint density at radius 2 is 2.32 bits per heavy atom. The van der Waals surface area contributed by atoms with Gasteiger partial charge in [0, 0.05) is 41.4 Å². The Labute approximate surface area is 123 Å². The molecule has 100 valence electrons. The van der Waals surface area contributed by atoms with Crippen molar-refractivity contribution in [1.29, 1.82) is 0 Å². The zero-order chi connectivity index (χ0) is 13.8. The summed E-state index contributed by atoms with van der Waals surface area (Å²) in [7, 11) is 1.89. The second-order valence-corrected chi connectivity index (χ2v) is 5.12. The second-order valence-electron chi connectivity index (χ2n) is 3.96. The van der Waals surface area contributed by atoms with Gasteiger partial charge in [0.05, 0.1) is 4.92 Å². The summed E-state index contributed by atoms with van der Waals surface area (Å²) >= 11 is 2.08. The molecule has 0 saturated heterocycles. The van der Waals surface area contributed by atoms with Crippen LogP contribution in [0, 0.1) is 13.7 Å². The number of rotatable bonds is 5. The molecule has 0 atom stereocenters. The van der Waals surface area contributed by atoms with E-state index < -0.39 is 4.92 Å². The van der Waals surface area contributed by atoms with Gasteiger partial charge in [-0.3, -0.25) is 10.1 Å². The van der Waals surface area contributed by atoms with Crippen molar-refractivity contribution < 1.29 is 4.92 Å². The van der Waals surface area contributed by atoms with E-state index in [1.54, 1.807) is 18.5 Å². The molecular formula is C11H12IN5O2. The topological polar surface area (TPSA) is 85.9 Å². The van der Waals surface area contributed by atoms with Crippen molar-refractivity contribution in [2.75, 3.05) is 11.9 Å². The zero-order valence-corrected chi connectivity index (χ0v) is 12.4. The lowest BCUT2D eigenvalue weighted by Crippen LogP contribution is -2.09. The van der Waals surface area contributed by atoms with Crippen LogP contribution < -0.4 is 5.32 Å². The minimum Gasteiger partial charge on any atom is -0.384 e. The highest BCUT2D eigenvalue weighted by Gasteiger charge is 2.09. The second kappa shape index (κ2) is 5.95. The number of nitro groups is 1. The summed E-state index contributed by atoms with van der Waals surface area (Å²) in [6.07, 6.45) is 2.40. The number of nitrogens with zero attached hydrogens (tertiary/aromatic N) is 4. The molecular weight excluding hydrogens is 361 g/mol. The predicted octanol–water partition coefficient (Wildman–Crippen LogP) is 1.98. The number of hydrogen-bond donors (Lipinski definition) is 1. The molecule has 19 heavy (non-hydrogen) atoms. The number of benzene rings is 1. The van der Waals surface area contributed by atoms with Crippen LogP contribution >= 0.6 is 22.6 Å². The van der Waals surface area contributed by atoms with Crippen molar-refractivity contribution in [3.05, 3.63) is 44.0 Å². The van der Waals surface area contributed by atoms with Gasteiger partial charge < -0.3 is 9.88 Å². The molecule has 0 aliphatic carbocycles. The standard InChI is InChI=1S/C11H12IN5O2/c1-16-7-14-15-11(16)4-5-13-10-3-2-8(17(18)19)6-9(10)12/h2-3,6-7,13H,4-5H2,1H3. The number of halogens is 1. The highest BCUT2D eigenvalue weighted by Crippen LogP contribution is 2.23. The number of nitro benzene ring substituents is 1. The lowest BCUT2D eigenvalue weighted by molar-refractivity contribution is -0.384. The predicted molar refractivity (Wildman–Crippen MR) is 79.0 cm³/mol. The first-order chi connectivity index (χ1) is 9.08. The first-order valence-corrected chi connectivity index (χ1v) is 6.66. The fourth-order valence-electron chi connectivity index (χ4n) is 1.60. The number of non-ortho nitro benzene ring substituents is 1. The molecule has 0 aliphatic rings. The SMILES string of the molecule is Cn1cnnc1CCNc1ccc([N+](=O)[O-])cc1I. The Balaban J connectivity index is 1.96. The van der Waals surface area contributed by atoms with Crippen LogP contribution in [0.2, 0.25) is 0 Å². The van der Waals surface area contributed by atoms with Crippen LogP contribution in [0.4, 0.5) is 11.4 Å². The minimum absolute atomic E-state index is 0.100. The molecule has 0 aliphatic heterocycles. The molecule has 0 radical (unpaired) electrons. The maximum Gasteiger partial charge on any atom is 0.270 e. The molecule has 1 aromatic heterocycles. The zero-order valence-electron chi connectivity index (χ0n) is 10.2. The summed E-state index contributed by atoms with van der Waals surface area (Å²) in [5.74, 6) is 0.893. The van der Waals surface area contributed by atoms with Gasteiger partial charge in [-0.1, -0.05) is 0 Å². The highest BCUT2D eigenvalue weighted by molar-refractivity contribution is 14.1. The van der Waals surface area contributed by atoms with Gasteiger partial charge in [0.2, 0.25) is 0 Å². The number of aromatic nitrogens is 3. The molecule has 1 N–H and O–H groups in total. The quantitative estimate of drug-likeness (QED) is 0.492. The van der Waals surface area contributed by atoms with Gasteiger partial charge in [0.15, 0.2) is 0 Å². The van der Waals surface area contributed by atoms with E-state index in [4.69, 9.17) is 0 Å². The van der Waals surface area contributed by atoms with E-state index in [1.165, 1.54) is 6.07 Å². The smallest absolute Gasteiger partial charge is 0.270 e. The van der Waals surface area contributed by atoms with Crippen molar-refractivity contribution in [1.82, 2.24) is 14.8 Å². The van der Waals surface area contributed by atoms with E-state index >= 15 is 0 Å². The van der Waals surface area contributed by atoms with Crippen molar-refractivity contribution in [3.63, 3.8) is 0 Å². The number of hydrogen-bond acceptors (Lipinski definition) is 5. The molecule has 0 fully saturated rings. The van der Waals surface area contributed by atoms with Crippen LogP contribution in [0.1, 0.15) is 5.82 Å². The summed E-state index contributed by atoms with van der Waals surface area (Å²) in [4.78, 5) is 10.2. The normalized spacial score (nSPS) is 10.4. The molecule has 0 saturated carbocycles. The molecule has 2 aromatic rings. The molecule has 1 heterocycles. The lowest BCUT2D eigenvalue weighted by Gasteiger charge is -2.08. The Morgan fingerprint density at radius 3 is 2.89 bits per heavy atom. The lowest BCUT2D eigenvalue weighted by atomic mass is 10.3. The van der Waals surface area contributed by atoms with E-state index in [0.29, 0.717) is 6.54 Å². The van der Waals surface area contributed by atoms with Crippen molar-refractivity contribution in [2.24, 2.45) is 7.05 Å². The van der Waals surface area contributed by atoms with Crippen LogP contribution in [0.5, 0.6) is 0 Å². The summed E-state index contributed by atoms with van der Waals surface area (Å²) in [5.41, 5.74) is 0.983. The van der Waals surface area contributed by atoms with Gasteiger partial charge in [0.1, 0.15) is 12.2 Å². The highest BCUT2D eigenvalue weighted by atomic mass is 127. The maximum absolute atomic E-state index is 10.6. The van der Waals surface area contributed by atoms with Crippen LogP contribution in [0.3, 0.4) is 0 Å². The largest absolute Gasteiger partial charge is 0.384 e. The average Bonchev–Trinajstić information content (AvgIpc) is 2.77. The molecule has 0 unspecified atom stereocenters.